The van der Waals surface area contributed by atoms with Crippen molar-refractivity contribution in [2.45, 2.75) is 6.61 Å². The molecule has 2 amide bonds. The van der Waals surface area contributed by atoms with Crippen LogP contribution in [0.3, 0.4) is 0 Å². The molecule has 168 valence electrons. The molecule has 3 aromatic rings. The summed E-state index contributed by atoms with van der Waals surface area (Å²) in [6.07, 6.45) is 1.47. The van der Waals surface area contributed by atoms with Crippen molar-refractivity contribution < 1.29 is 29.0 Å². The van der Waals surface area contributed by atoms with Crippen molar-refractivity contribution in [2.75, 3.05) is 13.7 Å². The third-order valence-corrected chi connectivity index (χ3v) is 6.10. The highest BCUT2D eigenvalue weighted by molar-refractivity contribution is 8.18. The number of aliphatic carboxylic acids is 1. The average Bonchev–Trinajstić information content (AvgIpc) is 3.04. The number of thioether (sulfide) groups is 1. The van der Waals surface area contributed by atoms with Crippen molar-refractivity contribution in [1.29, 1.82) is 0 Å². The third-order valence-electron chi connectivity index (χ3n) is 4.91. The number of carbonyl (C=O) groups is 3. The number of carboxylic acids is 1. The summed E-state index contributed by atoms with van der Waals surface area (Å²) in [5.74, 6) is -1.22. The first-order valence-electron chi connectivity index (χ1n) is 9.81. The molecule has 9 heteroatoms. The molecule has 1 heterocycles. The Labute approximate surface area is 198 Å². The number of fused-ring (bicyclic) bond motifs is 1. The molecule has 0 bridgehead atoms. The Balaban J connectivity index is 1.55. The lowest BCUT2D eigenvalue weighted by Gasteiger charge is -2.14. The number of methoxy groups -OCH3 is 1. The van der Waals surface area contributed by atoms with E-state index in [0.717, 1.165) is 16.3 Å². The maximum absolute atomic E-state index is 12.4. The molecule has 1 aliphatic heterocycles. The fourth-order valence-corrected chi connectivity index (χ4v) is 4.48. The lowest BCUT2D eigenvalue weighted by atomic mass is 10.1. The fraction of sp³-hybridized carbons (Fsp3) is 0.125. The zero-order valence-electron chi connectivity index (χ0n) is 17.4. The van der Waals surface area contributed by atoms with E-state index >= 15 is 0 Å². The van der Waals surface area contributed by atoms with E-state index in [9.17, 15) is 14.4 Å². The number of ether oxygens (including phenoxy) is 2. The number of nitrogens with zero attached hydrogens (tertiary/aromatic N) is 1. The minimum Gasteiger partial charge on any atom is -0.493 e. The molecule has 0 aromatic heterocycles. The van der Waals surface area contributed by atoms with Gasteiger partial charge in [0.2, 0.25) is 0 Å². The molecule has 0 saturated carbocycles. The van der Waals surface area contributed by atoms with Crippen molar-refractivity contribution in [3.63, 3.8) is 0 Å². The number of hydrogen-bond donors (Lipinski definition) is 1. The summed E-state index contributed by atoms with van der Waals surface area (Å²) in [5.41, 5.74) is 1.47. The summed E-state index contributed by atoms with van der Waals surface area (Å²) in [5, 5.41) is 10.7. The van der Waals surface area contributed by atoms with Crippen molar-refractivity contribution in [3.05, 3.63) is 75.7 Å². The van der Waals surface area contributed by atoms with Crippen molar-refractivity contribution in [3.8, 4) is 11.5 Å². The Kier molecular flexibility index (Phi) is 6.57. The molecule has 1 fully saturated rings. The molecule has 7 nitrogen and oxygen atoms in total. The molecule has 3 aromatic carbocycles. The van der Waals surface area contributed by atoms with E-state index in [1.54, 1.807) is 12.1 Å². The maximum atomic E-state index is 12.4. The quantitative estimate of drug-likeness (QED) is 0.461. The van der Waals surface area contributed by atoms with Crippen LogP contribution in [0.15, 0.2) is 59.5 Å². The SMILES string of the molecule is COc1cc(/C=C2/SC(=O)N(CC(=O)O)C2=O)cc(Cl)c1OCc1ccc2ccccc2c1. The lowest BCUT2D eigenvalue weighted by molar-refractivity contribution is -0.140. The number of imide groups is 1. The number of rotatable bonds is 7. The van der Waals surface area contributed by atoms with Crippen LogP contribution in [0.25, 0.3) is 16.8 Å². The van der Waals surface area contributed by atoms with E-state index in [0.29, 0.717) is 33.7 Å². The van der Waals surface area contributed by atoms with E-state index in [1.165, 1.54) is 13.2 Å². The summed E-state index contributed by atoms with van der Waals surface area (Å²) in [6.45, 7) is -0.415. The van der Waals surface area contributed by atoms with Gasteiger partial charge in [-0.2, -0.15) is 0 Å². The van der Waals surface area contributed by atoms with Crippen molar-refractivity contribution >= 4 is 57.3 Å². The second-order valence-electron chi connectivity index (χ2n) is 7.17. The van der Waals surface area contributed by atoms with Gasteiger partial charge in [0, 0.05) is 0 Å². The van der Waals surface area contributed by atoms with Gasteiger partial charge < -0.3 is 14.6 Å². The largest absolute Gasteiger partial charge is 0.493 e. The van der Waals surface area contributed by atoms with E-state index in [-0.39, 0.29) is 16.5 Å². The van der Waals surface area contributed by atoms with Gasteiger partial charge in [-0.15, -0.1) is 0 Å². The minimum absolute atomic E-state index is 0.101. The smallest absolute Gasteiger partial charge is 0.323 e. The van der Waals surface area contributed by atoms with Crippen LogP contribution < -0.4 is 9.47 Å². The molecule has 0 spiro atoms. The van der Waals surface area contributed by atoms with E-state index < -0.39 is 23.7 Å². The molecule has 33 heavy (non-hydrogen) atoms. The second kappa shape index (κ2) is 9.56. The van der Waals surface area contributed by atoms with Gasteiger partial charge in [-0.05, 0) is 57.9 Å². The molecule has 4 rings (SSSR count). The molecule has 0 unspecified atom stereocenters. The Morgan fingerprint density at radius 3 is 2.61 bits per heavy atom. The summed E-state index contributed by atoms with van der Waals surface area (Å²) >= 11 is 7.11. The Hall–Kier alpha value is -3.49. The molecule has 0 aliphatic carbocycles. The molecule has 1 N–H and O–H groups in total. The zero-order chi connectivity index (χ0) is 23.5. The number of carboxylic acid groups (broad SMARTS) is 1. The van der Waals surface area contributed by atoms with Crippen LogP contribution in [0.1, 0.15) is 11.1 Å². The molecule has 1 aliphatic rings. The monoisotopic (exact) mass is 483 g/mol. The predicted octanol–water partition coefficient (Wildman–Crippen LogP) is 5.20. The normalized spacial score (nSPS) is 14.8. The lowest BCUT2D eigenvalue weighted by Crippen LogP contribution is -2.33. The van der Waals surface area contributed by atoms with Gasteiger partial charge in [0.25, 0.3) is 11.1 Å². The van der Waals surface area contributed by atoms with Crippen LogP contribution in [0.4, 0.5) is 4.79 Å². The van der Waals surface area contributed by atoms with Gasteiger partial charge in [0.15, 0.2) is 11.5 Å². The van der Waals surface area contributed by atoms with Crippen molar-refractivity contribution in [2.24, 2.45) is 0 Å². The van der Waals surface area contributed by atoms with Crippen LogP contribution in [0, 0.1) is 0 Å². The second-order valence-corrected chi connectivity index (χ2v) is 8.57. The standard InChI is InChI=1S/C24H18ClNO6S/c1-31-19-10-15(11-20-23(29)26(12-21(27)28)24(30)33-20)9-18(25)22(19)32-13-14-6-7-16-4-2-3-5-17(16)8-14/h2-11H,12-13H2,1H3,(H,27,28)/b20-11+. The molecule has 0 radical (unpaired) electrons. The third kappa shape index (κ3) is 4.97. The molecular formula is C24H18ClNO6S. The zero-order valence-corrected chi connectivity index (χ0v) is 19.0. The van der Waals surface area contributed by atoms with Gasteiger partial charge in [0.1, 0.15) is 13.2 Å². The van der Waals surface area contributed by atoms with Gasteiger partial charge in [-0.25, -0.2) is 0 Å². The van der Waals surface area contributed by atoms with Crippen LogP contribution >= 0.6 is 23.4 Å². The summed E-state index contributed by atoms with van der Waals surface area (Å²) < 4.78 is 11.4. The van der Waals surface area contributed by atoms with Gasteiger partial charge in [0.05, 0.1) is 17.0 Å². The number of amides is 2. The van der Waals surface area contributed by atoms with Gasteiger partial charge in [-0.3, -0.25) is 19.3 Å². The topological polar surface area (TPSA) is 93.1 Å². The van der Waals surface area contributed by atoms with E-state index in [1.807, 2.05) is 42.5 Å². The first-order valence-corrected chi connectivity index (χ1v) is 11.0. The molecular weight excluding hydrogens is 466 g/mol. The Bertz CT molecular complexity index is 1310. The first kappa shape index (κ1) is 22.7. The van der Waals surface area contributed by atoms with Crippen LogP contribution in [-0.4, -0.2) is 40.8 Å². The summed E-state index contributed by atoms with van der Waals surface area (Å²) in [7, 11) is 1.47. The van der Waals surface area contributed by atoms with Crippen LogP contribution in [0.5, 0.6) is 11.5 Å². The fourth-order valence-electron chi connectivity index (χ4n) is 3.37. The number of halogens is 1. The maximum Gasteiger partial charge on any atom is 0.323 e. The van der Waals surface area contributed by atoms with Crippen LogP contribution in [-0.2, 0) is 16.2 Å². The van der Waals surface area contributed by atoms with Crippen LogP contribution in [0.2, 0.25) is 5.02 Å². The van der Waals surface area contributed by atoms with Gasteiger partial charge >= 0.3 is 5.97 Å². The number of carbonyl (C=O) groups excluding carboxylic acids is 2. The van der Waals surface area contributed by atoms with E-state index in [4.69, 9.17) is 26.2 Å². The highest BCUT2D eigenvalue weighted by Gasteiger charge is 2.36. The van der Waals surface area contributed by atoms with E-state index in [2.05, 4.69) is 0 Å². The van der Waals surface area contributed by atoms with Crippen molar-refractivity contribution in [1.82, 2.24) is 4.90 Å². The molecule has 0 atom stereocenters. The summed E-state index contributed by atoms with van der Waals surface area (Å²) in [6, 6.07) is 17.3. The first-order chi connectivity index (χ1) is 15.9. The van der Waals surface area contributed by atoms with Gasteiger partial charge in [-0.1, -0.05) is 48.0 Å². The number of hydrogen-bond acceptors (Lipinski definition) is 6. The highest BCUT2D eigenvalue weighted by atomic mass is 35.5. The predicted molar refractivity (Wildman–Crippen MR) is 127 cm³/mol. The Morgan fingerprint density at radius 2 is 1.88 bits per heavy atom. The highest BCUT2D eigenvalue weighted by Crippen LogP contribution is 2.39. The molecule has 1 saturated heterocycles. The Morgan fingerprint density at radius 1 is 1.12 bits per heavy atom. The summed E-state index contributed by atoms with van der Waals surface area (Å²) in [4.78, 5) is 36.0. The average molecular weight is 484 g/mol. The minimum atomic E-state index is -1.27. The number of benzene rings is 3.